The van der Waals surface area contributed by atoms with Crippen LogP contribution in [0.3, 0.4) is 0 Å². The maximum Gasteiger partial charge on any atom is 0.0812 e. The molecule has 2 aromatic rings. The molecule has 21 heavy (non-hydrogen) atoms. The van der Waals surface area contributed by atoms with Gasteiger partial charge in [0.25, 0.3) is 0 Å². The standard InChI is InChI=1S/C19H24N2/c1-14(2)16-10-8-11-17(19(3,4)5)18(16)21-13-15-9-6-7-12-20-15/h6-14H,1-5H3. The van der Waals surface area contributed by atoms with Gasteiger partial charge in [0.05, 0.1) is 17.6 Å². The highest BCUT2D eigenvalue weighted by atomic mass is 14.8. The van der Waals surface area contributed by atoms with Crippen molar-refractivity contribution in [3.63, 3.8) is 0 Å². The number of hydrogen-bond donors (Lipinski definition) is 0. The molecule has 0 amide bonds. The zero-order chi connectivity index (χ0) is 15.5. The molecule has 0 atom stereocenters. The average molecular weight is 280 g/mol. The Bertz CT molecular complexity index is 620. The van der Waals surface area contributed by atoms with Gasteiger partial charge in [0.1, 0.15) is 0 Å². The van der Waals surface area contributed by atoms with E-state index in [1.807, 2.05) is 24.4 Å². The van der Waals surface area contributed by atoms with E-state index in [1.165, 1.54) is 11.1 Å². The average Bonchev–Trinajstić information content (AvgIpc) is 2.44. The van der Waals surface area contributed by atoms with Crippen LogP contribution in [-0.4, -0.2) is 11.2 Å². The Hall–Kier alpha value is -1.96. The molecule has 0 aliphatic heterocycles. The quantitative estimate of drug-likeness (QED) is 0.705. The van der Waals surface area contributed by atoms with Crippen LogP contribution in [0.4, 0.5) is 5.69 Å². The molecule has 0 N–H and O–H groups in total. The van der Waals surface area contributed by atoms with Crippen molar-refractivity contribution < 1.29 is 0 Å². The van der Waals surface area contributed by atoms with E-state index in [9.17, 15) is 0 Å². The van der Waals surface area contributed by atoms with E-state index < -0.39 is 0 Å². The van der Waals surface area contributed by atoms with E-state index in [0.29, 0.717) is 5.92 Å². The first-order valence-corrected chi connectivity index (χ1v) is 7.48. The van der Waals surface area contributed by atoms with Gasteiger partial charge in [-0.15, -0.1) is 0 Å². The van der Waals surface area contributed by atoms with Crippen molar-refractivity contribution in [3.05, 3.63) is 59.4 Å². The lowest BCUT2D eigenvalue weighted by Crippen LogP contribution is -2.12. The lowest BCUT2D eigenvalue weighted by molar-refractivity contribution is 0.590. The highest BCUT2D eigenvalue weighted by Gasteiger charge is 2.20. The van der Waals surface area contributed by atoms with Gasteiger partial charge >= 0.3 is 0 Å². The van der Waals surface area contributed by atoms with Crippen LogP contribution in [0.25, 0.3) is 0 Å². The molecule has 1 aromatic carbocycles. The number of aromatic nitrogens is 1. The summed E-state index contributed by atoms with van der Waals surface area (Å²) in [4.78, 5) is 9.09. The molecule has 0 unspecified atom stereocenters. The van der Waals surface area contributed by atoms with Gasteiger partial charge in [0, 0.05) is 6.20 Å². The highest BCUT2D eigenvalue weighted by molar-refractivity contribution is 5.80. The molecule has 0 saturated carbocycles. The Kier molecular flexibility index (Phi) is 4.56. The summed E-state index contributed by atoms with van der Waals surface area (Å²) in [6.07, 6.45) is 3.65. The molecule has 1 aromatic heterocycles. The van der Waals surface area contributed by atoms with Crippen molar-refractivity contribution in [1.29, 1.82) is 0 Å². The van der Waals surface area contributed by atoms with Crippen molar-refractivity contribution >= 4 is 11.9 Å². The van der Waals surface area contributed by atoms with Crippen LogP contribution >= 0.6 is 0 Å². The van der Waals surface area contributed by atoms with Crippen molar-refractivity contribution in [1.82, 2.24) is 4.98 Å². The van der Waals surface area contributed by atoms with Crippen LogP contribution in [0.1, 0.15) is 57.4 Å². The molecule has 0 saturated heterocycles. The first-order chi connectivity index (χ1) is 9.89. The number of benzene rings is 1. The van der Waals surface area contributed by atoms with E-state index >= 15 is 0 Å². The van der Waals surface area contributed by atoms with Gasteiger partial charge in [-0.2, -0.15) is 0 Å². The lowest BCUT2D eigenvalue weighted by Gasteiger charge is -2.24. The van der Waals surface area contributed by atoms with E-state index in [4.69, 9.17) is 4.99 Å². The van der Waals surface area contributed by atoms with Gasteiger partial charge in [-0.25, -0.2) is 0 Å². The zero-order valence-corrected chi connectivity index (χ0v) is 13.6. The van der Waals surface area contributed by atoms with Crippen LogP contribution in [-0.2, 0) is 5.41 Å². The number of nitrogens with zero attached hydrogens (tertiary/aromatic N) is 2. The molecule has 0 spiro atoms. The van der Waals surface area contributed by atoms with Crippen LogP contribution < -0.4 is 0 Å². The normalized spacial score (nSPS) is 12.3. The maximum atomic E-state index is 4.78. The molecule has 2 nitrogen and oxygen atoms in total. The second-order valence-electron chi connectivity index (χ2n) is 6.66. The molecule has 0 aliphatic carbocycles. The highest BCUT2D eigenvalue weighted by Crippen LogP contribution is 2.37. The maximum absolute atomic E-state index is 4.78. The van der Waals surface area contributed by atoms with Crippen molar-refractivity contribution in [2.24, 2.45) is 4.99 Å². The Morgan fingerprint density at radius 3 is 2.38 bits per heavy atom. The summed E-state index contributed by atoms with van der Waals surface area (Å²) in [6.45, 7) is 11.1. The number of aliphatic imine (C=N–C) groups is 1. The molecule has 110 valence electrons. The minimum absolute atomic E-state index is 0.0711. The fraction of sp³-hybridized carbons (Fsp3) is 0.368. The SMILES string of the molecule is CC(C)c1cccc(C(C)(C)C)c1N=Cc1ccccn1. The molecule has 0 aliphatic rings. The van der Waals surface area contributed by atoms with Gasteiger partial charge < -0.3 is 0 Å². The molecule has 2 rings (SSSR count). The zero-order valence-electron chi connectivity index (χ0n) is 13.6. The number of para-hydroxylation sites is 1. The summed E-state index contributed by atoms with van der Waals surface area (Å²) in [6, 6.07) is 12.4. The predicted molar refractivity (Wildman–Crippen MR) is 90.7 cm³/mol. The Labute approximate surface area is 128 Å². The minimum atomic E-state index is 0.0711. The molecule has 1 heterocycles. The van der Waals surface area contributed by atoms with E-state index in [-0.39, 0.29) is 5.41 Å². The number of hydrogen-bond acceptors (Lipinski definition) is 2. The van der Waals surface area contributed by atoms with Gasteiger partial charge in [-0.3, -0.25) is 9.98 Å². The van der Waals surface area contributed by atoms with Crippen molar-refractivity contribution in [2.45, 2.75) is 46.0 Å². The molecule has 0 fully saturated rings. The van der Waals surface area contributed by atoms with Crippen LogP contribution in [0.15, 0.2) is 47.6 Å². The second-order valence-corrected chi connectivity index (χ2v) is 6.66. The molecular weight excluding hydrogens is 256 g/mol. The van der Waals surface area contributed by atoms with Gasteiger partial charge in [-0.05, 0) is 34.6 Å². The predicted octanol–water partition coefficient (Wildman–Crippen LogP) is 5.25. The summed E-state index contributed by atoms with van der Waals surface area (Å²) in [5.41, 5.74) is 4.61. The van der Waals surface area contributed by atoms with Gasteiger partial charge in [0.15, 0.2) is 0 Å². The summed E-state index contributed by atoms with van der Waals surface area (Å²) in [5.74, 6) is 0.447. The molecular formula is C19H24N2. The first-order valence-electron chi connectivity index (χ1n) is 7.48. The third-order valence-corrected chi connectivity index (χ3v) is 3.51. The summed E-state index contributed by atoms with van der Waals surface area (Å²) in [5, 5.41) is 0. The fourth-order valence-electron chi connectivity index (χ4n) is 2.36. The fourth-order valence-corrected chi connectivity index (χ4v) is 2.36. The Morgan fingerprint density at radius 1 is 1.05 bits per heavy atom. The van der Waals surface area contributed by atoms with Crippen LogP contribution in [0, 0.1) is 0 Å². The topological polar surface area (TPSA) is 25.2 Å². The Balaban J connectivity index is 2.52. The van der Waals surface area contributed by atoms with Gasteiger partial charge in [0.2, 0.25) is 0 Å². The number of rotatable bonds is 3. The summed E-state index contributed by atoms with van der Waals surface area (Å²) >= 11 is 0. The molecule has 0 bridgehead atoms. The van der Waals surface area contributed by atoms with Crippen molar-refractivity contribution in [3.8, 4) is 0 Å². The Morgan fingerprint density at radius 2 is 1.81 bits per heavy atom. The van der Waals surface area contributed by atoms with Crippen LogP contribution in [0.2, 0.25) is 0 Å². The van der Waals surface area contributed by atoms with E-state index in [2.05, 4.69) is 57.8 Å². The van der Waals surface area contributed by atoms with Crippen molar-refractivity contribution in [2.75, 3.05) is 0 Å². The minimum Gasteiger partial charge on any atom is -0.255 e. The lowest BCUT2D eigenvalue weighted by atomic mass is 9.83. The first kappa shape index (κ1) is 15.4. The molecule has 2 heteroatoms. The second kappa shape index (κ2) is 6.21. The molecule has 0 radical (unpaired) electrons. The number of pyridine rings is 1. The third-order valence-electron chi connectivity index (χ3n) is 3.51. The van der Waals surface area contributed by atoms with E-state index in [0.717, 1.165) is 11.4 Å². The third kappa shape index (κ3) is 3.78. The monoisotopic (exact) mass is 280 g/mol. The summed E-state index contributed by atoms with van der Waals surface area (Å²) < 4.78 is 0. The smallest absolute Gasteiger partial charge is 0.0812 e. The summed E-state index contributed by atoms with van der Waals surface area (Å²) in [7, 11) is 0. The largest absolute Gasteiger partial charge is 0.255 e. The van der Waals surface area contributed by atoms with E-state index in [1.54, 1.807) is 6.20 Å². The van der Waals surface area contributed by atoms with Gasteiger partial charge in [-0.1, -0.05) is 58.9 Å². The van der Waals surface area contributed by atoms with Crippen LogP contribution in [0.5, 0.6) is 0 Å².